The lowest BCUT2D eigenvalue weighted by Crippen LogP contribution is -2.35. The zero-order chi connectivity index (χ0) is 19.5. The van der Waals surface area contributed by atoms with Gasteiger partial charge in [0, 0.05) is 0 Å². The molecule has 26 heavy (non-hydrogen) atoms. The minimum absolute atomic E-state index is 0.252. The Morgan fingerprint density at radius 2 is 0.846 bits per heavy atom. The van der Waals surface area contributed by atoms with Crippen molar-refractivity contribution < 1.29 is 35.8 Å². The fourth-order valence-electron chi connectivity index (χ4n) is 2.76. The Labute approximate surface area is 146 Å². The monoisotopic (exact) mass is 378 g/mol. The zero-order valence-electron chi connectivity index (χ0n) is 13.9. The molecule has 0 aromatic heterocycles. The number of benzene rings is 2. The topological polar surface area (TPSA) is 18.5 Å². The van der Waals surface area contributed by atoms with Crippen LogP contribution in [0.3, 0.4) is 0 Å². The van der Waals surface area contributed by atoms with Crippen molar-refractivity contribution in [2.24, 2.45) is 0 Å². The Morgan fingerprint density at radius 3 is 1.04 bits per heavy atom. The van der Waals surface area contributed by atoms with Gasteiger partial charge in [-0.2, -0.15) is 26.3 Å². The SMILES string of the molecule is COc1ccc(C(C(c2ccc(OC)cc2)C(F)(F)F)C(F)(F)F)cc1. The number of hydrogen-bond donors (Lipinski definition) is 0. The molecule has 8 heteroatoms. The zero-order valence-corrected chi connectivity index (χ0v) is 13.9. The summed E-state index contributed by atoms with van der Waals surface area (Å²) in [7, 11) is 2.62. The van der Waals surface area contributed by atoms with Crippen LogP contribution in [-0.4, -0.2) is 26.6 Å². The molecule has 0 spiro atoms. The standard InChI is InChI=1S/C18H16F6O2/c1-25-13-7-3-11(4-8-13)15(17(19,20)21)16(18(22,23)24)12-5-9-14(26-2)10-6-12/h3-10,15-16H,1-2H3. The summed E-state index contributed by atoms with van der Waals surface area (Å²) in [6.07, 6.45) is -10.2. The van der Waals surface area contributed by atoms with E-state index in [4.69, 9.17) is 9.47 Å². The van der Waals surface area contributed by atoms with Gasteiger partial charge in [0.25, 0.3) is 0 Å². The van der Waals surface area contributed by atoms with Gasteiger partial charge < -0.3 is 9.47 Å². The third kappa shape index (κ3) is 4.42. The third-order valence-corrected chi connectivity index (χ3v) is 3.99. The summed E-state index contributed by atoms with van der Waals surface area (Å²) in [6, 6.07) is 8.81. The molecule has 142 valence electrons. The Bertz CT molecular complexity index is 641. The summed E-state index contributed by atoms with van der Waals surface area (Å²) in [4.78, 5) is 0. The number of alkyl halides is 6. The fraction of sp³-hybridized carbons (Fsp3) is 0.333. The highest BCUT2D eigenvalue weighted by Crippen LogP contribution is 2.52. The van der Waals surface area contributed by atoms with E-state index in [1.54, 1.807) is 0 Å². The van der Waals surface area contributed by atoms with Crippen molar-refractivity contribution in [2.75, 3.05) is 14.2 Å². The van der Waals surface area contributed by atoms with E-state index in [1.165, 1.54) is 38.5 Å². The summed E-state index contributed by atoms with van der Waals surface area (Å²) < 4.78 is 91.6. The van der Waals surface area contributed by atoms with Gasteiger partial charge in [-0.05, 0) is 35.4 Å². The lowest BCUT2D eigenvalue weighted by molar-refractivity contribution is -0.211. The summed E-state index contributed by atoms with van der Waals surface area (Å²) in [5, 5.41) is 0. The lowest BCUT2D eigenvalue weighted by atomic mass is 9.80. The number of methoxy groups -OCH3 is 2. The second-order valence-corrected chi connectivity index (χ2v) is 5.58. The van der Waals surface area contributed by atoms with Crippen LogP contribution >= 0.6 is 0 Å². The van der Waals surface area contributed by atoms with Gasteiger partial charge >= 0.3 is 12.4 Å². The van der Waals surface area contributed by atoms with E-state index in [2.05, 4.69) is 0 Å². The van der Waals surface area contributed by atoms with Gasteiger partial charge in [0.15, 0.2) is 0 Å². The first kappa shape index (κ1) is 19.9. The number of hydrogen-bond acceptors (Lipinski definition) is 2. The molecular formula is C18H16F6O2. The van der Waals surface area contributed by atoms with Crippen molar-refractivity contribution in [3.8, 4) is 11.5 Å². The molecule has 0 aliphatic carbocycles. The molecular weight excluding hydrogens is 362 g/mol. The van der Waals surface area contributed by atoms with Crippen LogP contribution in [0.1, 0.15) is 23.0 Å². The first-order valence-electron chi connectivity index (χ1n) is 7.49. The Balaban J connectivity index is 2.58. The average Bonchev–Trinajstić information content (AvgIpc) is 2.58. The van der Waals surface area contributed by atoms with Gasteiger partial charge in [-0.25, -0.2) is 0 Å². The van der Waals surface area contributed by atoms with Crippen LogP contribution in [0.5, 0.6) is 11.5 Å². The van der Waals surface area contributed by atoms with Crippen molar-refractivity contribution in [1.29, 1.82) is 0 Å². The summed E-state index contributed by atoms with van der Waals surface area (Å²) >= 11 is 0. The van der Waals surface area contributed by atoms with Crippen LogP contribution in [0.15, 0.2) is 48.5 Å². The molecule has 0 aliphatic rings. The van der Waals surface area contributed by atoms with Crippen LogP contribution in [0, 0.1) is 0 Å². The van der Waals surface area contributed by atoms with Gasteiger partial charge in [0.2, 0.25) is 0 Å². The van der Waals surface area contributed by atoms with E-state index in [0.29, 0.717) is 0 Å². The maximum absolute atomic E-state index is 13.6. The van der Waals surface area contributed by atoms with E-state index in [1.807, 2.05) is 0 Å². The molecule has 0 radical (unpaired) electrons. The van der Waals surface area contributed by atoms with E-state index in [0.717, 1.165) is 24.3 Å². The molecule has 0 fully saturated rings. The average molecular weight is 378 g/mol. The highest BCUT2D eigenvalue weighted by molar-refractivity contribution is 5.37. The maximum atomic E-state index is 13.6. The lowest BCUT2D eigenvalue weighted by Gasteiger charge is -2.31. The van der Waals surface area contributed by atoms with E-state index in [-0.39, 0.29) is 11.5 Å². The second kappa shape index (κ2) is 7.47. The molecule has 0 saturated carbocycles. The Kier molecular flexibility index (Phi) is 5.73. The highest BCUT2D eigenvalue weighted by Gasteiger charge is 2.56. The molecule has 0 amide bonds. The third-order valence-electron chi connectivity index (χ3n) is 3.99. The van der Waals surface area contributed by atoms with Gasteiger partial charge in [0.1, 0.15) is 11.5 Å². The quantitative estimate of drug-likeness (QED) is 0.622. The smallest absolute Gasteiger partial charge is 0.396 e. The van der Waals surface area contributed by atoms with Gasteiger partial charge in [-0.1, -0.05) is 24.3 Å². The van der Waals surface area contributed by atoms with Crippen molar-refractivity contribution in [1.82, 2.24) is 0 Å². The van der Waals surface area contributed by atoms with Crippen LogP contribution in [0.4, 0.5) is 26.3 Å². The molecule has 2 atom stereocenters. The molecule has 0 saturated heterocycles. The van der Waals surface area contributed by atoms with Crippen molar-refractivity contribution in [3.05, 3.63) is 59.7 Å². The number of rotatable bonds is 5. The minimum atomic E-state index is -5.10. The minimum Gasteiger partial charge on any atom is -0.497 e. The fourth-order valence-corrected chi connectivity index (χ4v) is 2.76. The van der Waals surface area contributed by atoms with Gasteiger partial charge in [0.05, 0.1) is 26.1 Å². The van der Waals surface area contributed by atoms with E-state index < -0.39 is 35.3 Å². The summed E-state index contributed by atoms with van der Waals surface area (Å²) in [6.45, 7) is 0. The Hall–Kier alpha value is -2.38. The van der Waals surface area contributed by atoms with Crippen molar-refractivity contribution in [2.45, 2.75) is 24.2 Å². The second-order valence-electron chi connectivity index (χ2n) is 5.58. The molecule has 2 unspecified atom stereocenters. The summed E-state index contributed by atoms with van der Waals surface area (Å²) in [5.41, 5.74) is -0.979. The number of halogens is 6. The van der Waals surface area contributed by atoms with Crippen LogP contribution < -0.4 is 9.47 Å². The highest BCUT2D eigenvalue weighted by atomic mass is 19.4. The van der Waals surface area contributed by atoms with Gasteiger partial charge in [-0.3, -0.25) is 0 Å². The van der Waals surface area contributed by atoms with Crippen molar-refractivity contribution in [3.63, 3.8) is 0 Å². The molecule has 2 nitrogen and oxygen atoms in total. The number of ether oxygens (including phenoxy) is 2. The van der Waals surface area contributed by atoms with Gasteiger partial charge in [-0.15, -0.1) is 0 Å². The van der Waals surface area contributed by atoms with Crippen LogP contribution in [-0.2, 0) is 0 Å². The molecule has 0 N–H and O–H groups in total. The van der Waals surface area contributed by atoms with E-state index in [9.17, 15) is 26.3 Å². The normalized spacial score (nSPS) is 14.6. The Morgan fingerprint density at radius 1 is 0.577 bits per heavy atom. The molecule has 2 aromatic carbocycles. The molecule has 2 aromatic rings. The molecule has 0 aliphatic heterocycles. The van der Waals surface area contributed by atoms with Crippen LogP contribution in [0.25, 0.3) is 0 Å². The maximum Gasteiger partial charge on any atom is 0.396 e. The largest absolute Gasteiger partial charge is 0.497 e. The van der Waals surface area contributed by atoms with E-state index >= 15 is 0 Å². The first-order chi connectivity index (χ1) is 12.1. The van der Waals surface area contributed by atoms with Crippen molar-refractivity contribution >= 4 is 0 Å². The first-order valence-corrected chi connectivity index (χ1v) is 7.49. The predicted molar refractivity (Wildman–Crippen MR) is 83.6 cm³/mol. The predicted octanol–water partition coefficient (Wildman–Crippen LogP) is 5.70. The molecule has 0 heterocycles. The molecule has 0 bridgehead atoms. The molecule has 2 rings (SSSR count). The van der Waals surface area contributed by atoms with Crippen LogP contribution in [0.2, 0.25) is 0 Å². The summed E-state index contributed by atoms with van der Waals surface area (Å²) in [5.74, 6) is -4.99.